The van der Waals surface area contributed by atoms with Crippen molar-refractivity contribution in [1.29, 1.82) is 0 Å². The van der Waals surface area contributed by atoms with Crippen LogP contribution < -0.4 is 10.6 Å². The summed E-state index contributed by atoms with van der Waals surface area (Å²) in [6.07, 6.45) is 2.86. The number of nitrogens with zero attached hydrogens (tertiary/aromatic N) is 4. The van der Waals surface area contributed by atoms with Crippen molar-refractivity contribution in [2.24, 2.45) is 16.8 Å². The van der Waals surface area contributed by atoms with Crippen molar-refractivity contribution in [1.82, 2.24) is 30.4 Å². The van der Waals surface area contributed by atoms with Gasteiger partial charge in [0.15, 0.2) is 0 Å². The molecule has 4 heterocycles. The topological polar surface area (TPSA) is 158 Å². The summed E-state index contributed by atoms with van der Waals surface area (Å²) in [5, 5.41) is 7.49. The van der Waals surface area contributed by atoms with Gasteiger partial charge in [0.1, 0.15) is 23.3 Å². The first-order valence-electron chi connectivity index (χ1n) is 19.2. The van der Waals surface area contributed by atoms with Crippen LogP contribution in [0.2, 0.25) is 0 Å². The predicted octanol–water partition coefficient (Wildman–Crippen LogP) is 6.85. The molecule has 0 spiro atoms. The highest BCUT2D eigenvalue weighted by atomic mass is 32.2. The molecule has 0 aliphatic carbocycles. The highest BCUT2D eigenvalue weighted by Gasteiger charge is 2.40. The van der Waals surface area contributed by atoms with Gasteiger partial charge in [0.2, 0.25) is 11.8 Å². The van der Waals surface area contributed by atoms with Gasteiger partial charge < -0.3 is 34.9 Å². The zero-order valence-electron chi connectivity index (χ0n) is 32.6. The lowest BCUT2D eigenvalue weighted by atomic mass is 9.96. The molecule has 2 fully saturated rings. The summed E-state index contributed by atoms with van der Waals surface area (Å²) in [6.45, 7) is 8.83. The Kier molecular flexibility index (Phi) is 11.4. The molecule has 0 unspecified atom stereocenters. The van der Waals surface area contributed by atoms with Crippen molar-refractivity contribution in [3.05, 3.63) is 72.2 Å². The van der Waals surface area contributed by atoms with E-state index in [1.807, 2.05) is 43.7 Å². The highest BCUT2D eigenvalue weighted by molar-refractivity contribution is 8.00. The molecule has 3 aliphatic rings. The maximum absolute atomic E-state index is 13.7. The molecule has 294 valence electrons. The molecule has 4 atom stereocenters. The minimum absolute atomic E-state index is 0.0993. The summed E-state index contributed by atoms with van der Waals surface area (Å²) >= 11 is 1.71. The maximum atomic E-state index is 13.7. The lowest BCUT2D eigenvalue weighted by molar-refractivity contribution is -0.135. The number of alkyl carbamates (subject to hydrolysis) is 2. The number of amides is 4. The Hall–Kier alpha value is -5.37. The lowest BCUT2D eigenvalue weighted by Gasteiger charge is -2.30. The van der Waals surface area contributed by atoms with E-state index in [-0.39, 0.29) is 35.1 Å². The number of likely N-dealkylation sites (tertiary alicyclic amines) is 1. The minimum atomic E-state index is -0.687. The van der Waals surface area contributed by atoms with Gasteiger partial charge in [-0.05, 0) is 69.8 Å². The highest BCUT2D eigenvalue weighted by Crippen LogP contribution is 2.40. The van der Waals surface area contributed by atoms with Gasteiger partial charge in [0, 0.05) is 25.3 Å². The molecular formula is C42H49N7O6S. The molecule has 56 heavy (non-hydrogen) atoms. The van der Waals surface area contributed by atoms with Crippen LogP contribution in [0.25, 0.3) is 33.2 Å². The van der Waals surface area contributed by atoms with E-state index in [4.69, 9.17) is 19.5 Å². The van der Waals surface area contributed by atoms with Crippen LogP contribution in [0.3, 0.4) is 0 Å². The number of carbonyl (C=O) groups excluding carboxylic acids is 4. The van der Waals surface area contributed by atoms with Crippen molar-refractivity contribution in [3.63, 3.8) is 0 Å². The number of nitrogens with one attached hydrogen (secondary N) is 3. The fourth-order valence-electron chi connectivity index (χ4n) is 7.91. The van der Waals surface area contributed by atoms with Gasteiger partial charge in [-0.3, -0.25) is 14.6 Å². The normalized spacial score (nSPS) is 18.9. The number of hydrogen-bond donors (Lipinski definition) is 3. The number of aliphatic imine (C=N–C) groups is 1. The van der Waals surface area contributed by atoms with Crippen molar-refractivity contribution in [2.45, 2.75) is 70.5 Å². The number of rotatable bonds is 10. The standard InChI is InChI=1S/C42H49N7O6S/c1-23(2)35(46-41(52)54-5)38(50)48-17-7-8-34(48)37-43-22-33(45-37)26-11-9-25(10-12-26)27-13-15-29-28(20-27)14-16-31-30(29)21-32(44-31)40-49(18-19-56-40)39(51)36(24(3)4)47-42(53)55-6/h9-16,20,22-24,34-36,40H,7-8,17-19,21H2,1-6H3,(H,43,45)(H,46,52)(H,47,53)/t34-,35-,36-,40+/m0/s1. The fraction of sp³-hybridized carbons (Fsp3) is 0.429. The van der Waals surface area contributed by atoms with E-state index in [0.29, 0.717) is 19.5 Å². The molecule has 0 bridgehead atoms. The third-order valence-electron chi connectivity index (χ3n) is 10.9. The Labute approximate surface area is 331 Å². The number of methoxy groups -OCH3 is 2. The summed E-state index contributed by atoms with van der Waals surface area (Å²) in [5.41, 5.74) is 7.06. The first-order valence-corrected chi connectivity index (χ1v) is 20.2. The van der Waals surface area contributed by atoms with Crippen LogP contribution >= 0.6 is 11.8 Å². The molecule has 0 radical (unpaired) electrons. The average Bonchev–Trinajstić information content (AvgIpc) is 4.04. The van der Waals surface area contributed by atoms with E-state index < -0.39 is 24.3 Å². The van der Waals surface area contributed by atoms with Gasteiger partial charge in [-0.1, -0.05) is 70.2 Å². The SMILES string of the molecule is COC(=O)N[C@H](C(=O)N1CCS[C@@H]1C1=Nc2ccc3cc(-c4ccc(-c5cnc([C@@H]6CCCN6C(=O)[C@@H](NC(=O)OC)C(C)C)[nH]5)cc4)ccc3c2C1)C(C)C. The van der Waals surface area contributed by atoms with E-state index >= 15 is 0 Å². The molecule has 3 aliphatic heterocycles. The smallest absolute Gasteiger partial charge is 0.407 e. The monoisotopic (exact) mass is 779 g/mol. The molecule has 1 aromatic heterocycles. The summed E-state index contributed by atoms with van der Waals surface area (Å²) in [7, 11) is 2.59. The van der Waals surface area contributed by atoms with Gasteiger partial charge in [-0.2, -0.15) is 0 Å². The van der Waals surface area contributed by atoms with Crippen molar-refractivity contribution in [3.8, 4) is 22.4 Å². The quantitative estimate of drug-likeness (QED) is 0.158. The summed E-state index contributed by atoms with van der Waals surface area (Å²) in [6, 6.07) is 17.5. The van der Waals surface area contributed by atoms with Crippen LogP contribution in [0.4, 0.5) is 15.3 Å². The number of ether oxygens (including phenoxy) is 2. The Morgan fingerprint density at radius 2 is 1.46 bits per heavy atom. The first-order chi connectivity index (χ1) is 27.0. The van der Waals surface area contributed by atoms with Gasteiger partial charge >= 0.3 is 12.2 Å². The zero-order chi connectivity index (χ0) is 39.7. The maximum Gasteiger partial charge on any atom is 0.407 e. The van der Waals surface area contributed by atoms with Crippen molar-refractivity contribution >= 4 is 57.9 Å². The Bertz CT molecular complexity index is 2170. The van der Waals surface area contributed by atoms with Crippen LogP contribution in [-0.4, -0.2) is 100.0 Å². The van der Waals surface area contributed by atoms with E-state index in [2.05, 4.69) is 70.2 Å². The van der Waals surface area contributed by atoms with E-state index in [0.717, 1.165) is 74.5 Å². The summed E-state index contributed by atoms with van der Waals surface area (Å²) < 4.78 is 9.55. The first kappa shape index (κ1) is 38.9. The summed E-state index contributed by atoms with van der Waals surface area (Å²) in [4.78, 5) is 68.1. The van der Waals surface area contributed by atoms with Gasteiger partial charge in [-0.25, -0.2) is 14.6 Å². The van der Waals surface area contributed by atoms with Crippen LogP contribution in [0.1, 0.15) is 58.0 Å². The second-order valence-electron chi connectivity index (χ2n) is 15.2. The van der Waals surface area contributed by atoms with Gasteiger partial charge in [0.25, 0.3) is 0 Å². The van der Waals surface area contributed by atoms with Crippen LogP contribution in [0.15, 0.2) is 65.8 Å². The van der Waals surface area contributed by atoms with Crippen LogP contribution in [0, 0.1) is 11.8 Å². The number of aromatic nitrogens is 2. The number of carbonyl (C=O) groups is 4. The van der Waals surface area contributed by atoms with E-state index in [1.165, 1.54) is 14.2 Å². The molecule has 2 saturated heterocycles. The molecular weight excluding hydrogens is 731 g/mol. The third-order valence-corrected chi connectivity index (χ3v) is 12.2. The lowest BCUT2D eigenvalue weighted by Crippen LogP contribution is -2.53. The Balaban J connectivity index is 1.04. The minimum Gasteiger partial charge on any atom is -0.453 e. The third kappa shape index (κ3) is 7.71. The van der Waals surface area contributed by atoms with Gasteiger partial charge in [0.05, 0.1) is 43.6 Å². The van der Waals surface area contributed by atoms with Crippen molar-refractivity contribution in [2.75, 3.05) is 33.1 Å². The molecule has 3 aromatic carbocycles. The Morgan fingerprint density at radius 3 is 2.12 bits per heavy atom. The molecule has 0 saturated carbocycles. The number of imidazole rings is 1. The second kappa shape index (κ2) is 16.4. The molecule has 14 heteroatoms. The van der Waals surface area contributed by atoms with Gasteiger partial charge in [-0.15, -0.1) is 11.8 Å². The largest absolute Gasteiger partial charge is 0.453 e. The predicted molar refractivity (Wildman–Crippen MR) is 218 cm³/mol. The Morgan fingerprint density at radius 1 is 0.821 bits per heavy atom. The number of hydrogen-bond acceptors (Lipinski definition) is 9. The fourth-order valence-corrected chi connectivity index (χ4v) is 9.15. The molecule has 4 amide bonds. The average molecular weight is 780 g/mol. The number of H-pyrrole nitrogens is 1. The number of fused-ring (bicyclic) bond motifs is 3. The number of aromatic amines is 1. The summed E-state index contributed by atoms with van der Waals surface area (Å²) in [5.74, 6) is 1.07. The molecule has 3 N–H and O–H groups in total. The number of thioether (sulfide) groups is 1. The van der Waals surface area contributed by atoms with E-state index in [9.17, 15) is 19.2 Å². The van der Waals surface area contributed by atoms with E-state index in [1.54, 1.807) is 11.8 Å². The molecule has 4 aromatic rings. The molecule has 13 nitrogen and oxygen atoms in total. The molecule has 7 rings (SSSR count). The van der Waals surface area contributed by atoms with Crippen LogP contribution in [0.5, 0.6) is 0 Å². The van der Waals surface area contributed by atoms with Crippen LogP contribution in [-0.2, 0) is 25.5 Å². The number of benzene rings is 3. The second-order valence-corrected chi connectivity index (χ2v) is 16.4. The van der Waals surface area contributed by atoms with Crippen molar-refractivity contribution < 1.29 is 28.7 Å². The zero-order valence-corrected chi connectivity index (χ0v) is 33.4.